The monoisotopic (exact) mass is 391 g/mol. The Balaban J connectivity index is 2.05. The van der Waals surface area contributed by atoms with Gasteiger partial charge in [0.15, 0.2) is 0 Å². The zero-order valence-corrected chi connectivity index (χ0v) is 15.2. The summed E-state index contributed by atoms with van der Waals surface area (Å²) in [6, 6.07) is 7.47. The normalized spacial score (nSPS) is 10.8. The predicted octanol–water partition coefficient (Wildman–Crippen LogP) is 4.33. The van der Waals surface area contributed by atoms with Crippen LogP contribution >= 0.6 is 27.7 Å². The number of nitrogens with one attached hydrogen (secondary N) is 1. The van der Waals surface area contributed by atoms with E-state index in [1.165, 1.54) is 0 Å². The van der Waals surface area contributed by atoms with Crippen molar-refractivity contribution in [3.05, 3.63) is 45.4 Å². The van der Waals surface area contributed by atoms with Gasteiger partial charge in [-0.05, 0) is 43.2 Å². The zero-order valence-electron chi connectivity index (χ0n) is 12.8. The van der Waals surface area contributed by atoms with Gasteiger partial charge < -0.3 is 10.1 Å². The second-order valence-electron chi connectivity index (χ2n) is 5.15. The maximum Gasteiger partial charge on any atom is 0.259 e. The number of amides is 1. The average Bonchev–Trinajstić information content (AvgIpc) is 2.98. The van der Waals surface area contributed by atoms with E-state index in [2.05, 4.69) is 30.0 Å². The summed E-state index contributed by atoms with van der Waals surface area (Å²) >= 11 is 4.55. The van der Waals surface area contributed by atoms with Crippen molar-refractivity contribution in [3.63, 3.8) is 0 Å². The van der Waals surface area contributed by atoms with E-state index in [1.807, 2.05) is 32.0 Å². The van der Waals surface area contributed by atoms with Crippen molar-refractivity contribution in [2.45, 2.75) is 13.8 Å². The summed E-state index contributed by atoms with van der Waals surface area (Å²) < 4.78 is 14.7. The molecule has 1 amide bonds. The molecule has 5 nitrogen and oxygen atoms in total. The lowest BCUT2D eigenvalue weighted by atomic mass is 10.1. The van der Waals surface area contributed by atoms with Gasteiger partial charge in [-0.3, -0.25) is 4.79 Å². The van der Waals surface area contributed by atoms with Gasteiger partial charge in [-0.2, -0.15) is 8.75 Å². The van der Waals surface area contributed by atoms with Gasteiger partial charge in [0, 0.05) is 4.47 Å². The van der Waals surface area contributed by atoms with Crippen LogP contribution in [0.2, 0.25) is 0 Å². The highest BCUT2D eigenvalue weighted by molar-refractivity contribution is 9.10. The topological polar surface area (TPSA) is 64.1 Å². The second kappa shape index (κ2) is 6.25. The molecular formula is C16H14BrN3O2S. The highest BCUT2D eigenvalue weighted by Crippen LogP contribution is 2.30. The molecule has 0 aliphatic heterocycles. The third-order valence-corrected chi connectivity index (χ3v) is 4.56. The maximum atomic E-state index is 12.8. The lowest BCUT2D eigenvalue weighted by Gasteiger charge is -2.13. The van der Waals surface area contributed by atoms with Crippen LogP contribution in [0.5, 0.6) is 5.75 Å². The van der Waals surface area contributed by atoms with E-state index >= 15 is 0 Å². The number of anilines is 1. The van der Waals surface area contributed by atoms with Gasteiger partial charge >= 0.3 is 0 Å². The minimum Gasteiger partial charge on any atom is -0.496 e. The number of rotatable bonds is 3. The molecule has 1 aromatic heterocycles. The molecule has 118 valence electrons. The molecule has 0 saturated heterocycles. The molecule has 2 aromatic carbocycles. The molecule has 0 radical (unpaired) electrons. The summed E-state index contributed by atoms with van der Waals surface area (Å²) in [5, 5.41) is 2.95. The second-order valence-corrected chi connectivity index (χ2v) is 6.59. The molecule has 1 heterocycles. The van der Waals surface area contributed by atoms with E-state index in [0.29, 0.717) is 22.5 Å². The van der Waals surface area contributed by atoms with Gasteiger partial charge in [0.2, 0.25) is 0 Å². The molecule has 0 spiro atoms. The summed E-state index contributed by atoms with van der Waals surface area (Å²) in [5.41, 5.74) is 4.45. The first kappa shape index (κ1) is 15.9. The number of halogens is 1. The Morgan fingerprint density at radius 1 is 1.22 bits per heavy atom. The molecule has 0 fully saturated rings. The number of carbonyl (C=O) groups is 1. The number of aryl methyl sites for hydroxylation is 2. The van der Waals surface area contributed by atoms with Gasteiger partial charge in [-0.1, -0.05) is 22.0 Å². The lowest BCUT2D eigenvalue weighted by molar-refractivity contribution is 0.102. The number of methoxy groups -OCH3 is 1. The quantitative estimate of drug-likeness (QED) is 0.721. The van der Waals surface area contributed by atoms with Crippen molar-refractivity contribution < 1.29 is 9.53 Å². The molecular weight excluding hydrogens is 378 g/mol. The van der Waals surface area contributed by atoms with Gasteiger partial charge in [0.25, 0.3) is 5.91 Å². The largest absolute Gasteiger partial charge is 0.496 e. The predicted molar refractivity (Wildman–Crippen MR) is 95.5 cm³/mol. The highest BCUT2D eigenvalue weighted by Gasteiger charge is 2.18. The summed E-state index contributed by atoms with van der Waals surface area (Å²) in [7, 11) is 1.56. The number of ether oxygens (including phenoxy) is 1. The minimum atomic E-state index is -0.241. The fourth-order valence-electron chi connectivity index (χ4n) is 2.46. The smallest absolute Gasteiger partial charge is 0.259 e. The van der Waals surface area contributed by atoms with Gasteiger partial charge in [0.05, 0.1) is 30.1 Å². The first-order chi connectivity index (χ1) is 11.0. The Morgan fingerprint density at radius 3 is 2.74 bits per heavy atom. The highest BCUT2D eigenvalue weighted by atomic mass is 79.9. The van der Waals surface area contributed by atoms with Gasteiger partial charge in [-0.25, -0.2) is 0 Å². The Kier molecular flexibility index (Phi) is 4.32. The Labute approximate surface area is 146 Å². The number of fused-ring (bicyclic) bond motifs is 1. The van der Waals surface area contributed by atoms with Crippen LogP contribution in [0.3, 0.4) is 0 Å². The van der Waals surface area contributed by atoms with Crippen LogP contribution in [0.15, 0.2) is 28.7 Å². The van der Waals surface area contributed by atoms with Crippen LogP contribution in [0.4, 0.5) is 5.69 Å². The van der Waals surface area contributed by atoms with Crippen LogP contribution in [-0.2, 0) is 0 Å². The van der Waals surface area contributed by atoms with E-state index < -0.39 is 0 Å². The Bertz CT molecular complexity index is 908. The van der Waals surface area contributed by atoms with E-state index in [4.69, 9.17) is 4.74 Å². The van der Waals surface area contributed by atoms with E-state index in [-0.39, 0.29) is 5.91 Å². The van der Waals surface area contributed by atoms with Crippen molar-refractivity contribution in [2.24, 2.45) is 0 Å². The first-order valence-electron chi connectivity index (χ1n) is 6.88. The molecule has 7 heteroatoms. The summed E-state index contributed by atoms with van der Waals surface area (Å²) in [4.78, 5) is 12.8. The van der Waals surface area contributed by atoms with Gasteiger partial charge in [-0.15, -0.1) is 0 Å². The molecule has 0 aliphatic carbocycles. The summed E-state index contributed by atoms with van der Waals surface area (Å²) in [6.07, 6.45) is 0. The molecule has 0 unspecified atom stereocenters. The van der Waals surface area contributed by atoms with E-state index in [1.54, 1.807) is 13.2 Å². The SMILES string of the molecule is COc1c(C)cc(Br)cc1C(=O)Nc1c(C)ccc2nsnc12. The fraction of sp³-hybridized carbons (Fsp3) is 0.188. The molecule has 3 aromatic rings. The summed E-state index contributed by atoms with van der Waals surface area (Å²) in [5.74, 6) is 0.321. The Morgan fingerprint density at radius 2 is 2.00 bits per heavy atom. The molecule has 0 saturated carbocycles. The van der Waals surface area contributed by atoms with Crippen molar-refractivity contribution in [3.8, 4) is 5.75 Å². The van der Waals surface area contributed by atoms with Crippen molar-refractivity contribution in [2.75, 3.05) is 12.4 Å². The van der Waals surface area contributed by atoms with Crippen molar-refractivity contribution >= 4 is 50.3 Å². The van der Waals surface area contributed by atoms with Crippen LogP contribution in [0.25, 0.3) is 11.0 Å². The third kappa shape index (κ3) is 2.94. The minimum absolute atomic E-state index is 0.241. The van der Waals surface area contributed by atoms with Crippen LogP contribution < -0.4 is 10.1 Å². The summed E-state index contributed by atoms with van der Waals surface area (Å²) in [6.45, 7) is 3.83. The number of carbonyl (C=O) groups excluding carboxylic acids is 1. The van der Waals surface area contributed by atoms with Crippen molar-refractivity contribution in [1.82, 2.24) is 8.75 Å². The number of nitrogens with zero attached hydrogens (tertiary/aromatic N) is 2. The molecule has 3 rings (SSSR count). The number of aromatic nitrogens is 2. The van der Waals surface area contributed by atoms with Crippen LogP contribution in [0, 0.1) is 13.8 Å². The maximum absolute atomic E-state index is 12.8. The zero-order chi connectivity index (χ0) is 16.6. The van der Waals surface area contributed by atoms with Crippen molar-refractivity contribution in [1.29, 1.82) is 0 Å². The third-order valence-electron chi connectivity index (χ3n) is 3.56. The first-order valence-corrected chi connectivity index (χ1v) is 8.41. The number of hydrogen-bond donors (Lipinski definition) is 1. The van der Waals surface area contributed by atoms with Crippen LogP contribution in [-0.4, -0.2) is 21.8 Å². The average molecular weight is 392 g/mol. The van der Waals surface area contributed by atoms with Crippen LogP contribution in [0.1, 0.15) is 21.5 Å². The molecule has 1 N–H and O–H groups in total. The fourth-order valence-corrected chi connectivity index (χ4v) is 3.58. The lowest BCUT2D eigenvalue weighted by Crippen LogP contribution is -2.15. The molecule has 23 heavy (non-hydrogen) atoms. The van der Waals surface area contributed by atoms with E-state index in [0.717, 1.165) is 32.8 Å². The molecule has 0 bridgehead atoms. The van der Waals surface area contributed by atoms with E-state index in [9.17, 15) is 4.79 Å². The van der Waals surface area contributed by atoms with Gasteiger partial charge in [0.1, 0.15) is 16.8 Å². The molecule has 0 aliphatic rings. The Hall–Kier alpha value is -1.99. The number of benzene rings is 2. The standard InChI is InChI=1S/C16H14BrN3O2S/c1-8-4-5-12-14(20-23-19-12)13(8)18-16(21)11-7-10(17)6-9(2)15(11)22-3/h4-7H,1-3H3,(H,18,21). The number of hydrogen-bond acceptors (Lipinski definition) is 5. The molecule has 0 atom stereocenters.